The number of esters is 1. The van der Waals surface area contributed by atoms with Crippen LogP contribution >= 0.6 is 15.9 Å². The molecule has 2 rings (SSSR count). The fourth-order valence-corrected chi connectivity index (χ4v) is 2.53. The first-order chi connectivity index (χ1) is 11.1. The molecule has 1 fully saturated rings. The van der Waals surface area contributed by atoms with Crippen molar-refractivity contribution in [3.8, 4) is 0 Å². The topological polar surface area (TPSA) is 69.4 Å². The number of methoxy groups -OCH3 is 1. The fourth-order valence-electron chi connectivity index (χ4n) is 2.27. The molecule has 1 atom stereocenters. The van der Waals surface area contributed by atoms with E-state index < -0.39 is 6.04 Å². The van der Waals surface area contributed by atoms with Crippen LogP contribution in [0, 0.1) is 5.92 Å². The first-order valence-electron chi connectivity index (χ1n) is 8.12. The quantitative estimate of drug-likeness (QED) is 0.617. The van der Waals surface area contributed by atoms with Crippen LogP contribution in [0.5, 0.6) is 0 Å². The third-order valence-electron chi connectivity index (χ3n) is 3.54. The molecule has 0 aromatic heterocycles. The largest absolute Gasteiger partial charge is 0.469 e. The molecule has 2 N–H and O–H groups in total. The van der Waals surface area contributed by atoms with Gasteiger partial charge in [0.1, 0.15) is 6.29 Å². The lowest BCUT2D eigenvalue weighted by atomic mass is 9.89. The van der Waals surface area contributed by atoms with Gasteiger partial charge in [-0.2, -0.15) is 0 Å². The van der Waals surface area contributed by atoms with E-state index in [0.29, 0.717) is 0 Å². The first kappa shape index (κ1) is 21.8. The minimum Gasteiger partial charge on any atom is -0.469 e. The van der Waals surface area contributed by atoms with Crippen molar-refractivity contribution in [2.75, 3.05) is 7.11 Å². The molecule has 1 unspecified atom stereocenters. The average molecular weight is 386 g/mol. The van der Waals surface area contributed by atoms with Crippen molar-refractivity contribution in [3.05, 3.63) is 34.3 Å². The summed E-state index contributed by atoms with van der Waals surface area (Å²) in [6, 6.07) is 6.87. The number of carbonyl (C=O) groups excluding carboxylic acids is 2. The minimum absolute atomic E-state index is 0.0142. The highest BCUT2D eigenvalue weighted by atomic mass is 79.9. The summed E-state index contributed by atoms with van der Waals surface area (Å²) < 4.78 is 5.64. The van der Waals surface area contributed by atoms with E-state index in [4.69, 9.17) is 5.73 Å². The molecule has 5 heteroatoms. The Bertz CT molecular complexity index is 442. The Balaban J connectivity index is 0.000000381. The number of hydrogen-bond acceptors (Lipinski definition) is 4. The molecule has 0 bridgehead atoms. The van der Waals surface area contributed by atoms with E-state index in [1.807, 2.05) is 38.1 Å². The summed E-state index contributed by atoms with van der Waals surface area (Å²) in [6.07, 6.45) is 6.47. The van der Waals surface area contributed by atoms with Gasteiger partial charge in [0.2, 0.25) is 0 Å². The van der Waals surface area contributed by atoms with Crippen LogP contribution in [0.25, 0.3) is 0 Å². The molecule has 0 saturated heterocycles. The number of hydrogen-bond donors (Lipinski definition) is 1. The van der Waals surface area contributed by atoms with Gasteiger partial charge >= 0.3 is 5.97 Å². The summed E-state index contributed by atoms with van der Waals surface area (Å²) in [4.78, 5) is 21.2. The second kappa shape index (κ2) is 13.3. The highest BCUT2D eigenvalue weighted by Gasteiger charge is 2.20. The molecule has 4 nitrogen and oxygen atoms in total. The van der Waals surface area contributed by atoms with Gasteiger partial charge in [-0.25, -0.2) is 0 Å². The zero-order valence-electron chi connectivity index (χ0n) is 14.3. The van der Waals surface area contributed by atoms with Crippen molar-refractivity contribution in [2.45, 2.75) is 52.0 Å². The summed E-state index contributed by atoms with van der Waals surface area (Å²) in [6.45, 7) is 4.00. The average Bonchev–Trinajstić information content (AvgIpc) is 2.64. The number of carbonyl (C=O) groups is 2. The van der Waals surface area contributed by atoms with Crippen molar-refractivity contribution < 1.29 is 14.3 Å². The summed E-state index contributed by atoms with van der Waals surface area (Å²) in [5, 5.41) is 0. The third kappa shape index (κ3) is 8.86. The molecule has 0 spiro atoms. The number of rotatable bonds is 3. The maximum atomic E-state index is 10.9. The fraction of sp³-hybridized carbons (Fsp3) is 0.556. The van der Waals surface area contributed by atoms with Crippen molar-refractivity contribution in [2.24, 2.45) is 11.7 Å². The number of benzene rings is 1. The van der Waals surface area contributed by atoms with Crippen molar-refractivity contribution >= 4 is 28.2 Å². The Morgan fingerprint density at radius 1 is 1.22 bits per heavy atom. The highest BCUT2D eigenvalue weighted by molar-refractivity contribution is 9.10. The second-order valence-corrected chi connectivity index (χ2v) is 5.99. The maximum Gasteiger partial charge on any atom is 0.308 e. The smallest absolute Gasteiger partial charge is 0.308 e. The van der Waals surface area contributed by atoms with Gasteiger partial charge in [0.15, 0.2) is 0 Å². The van der Waals surface area contributed by atoms with E-state index >= 15 is 0 Å². The molecular weight excluding hydrogens is 358 g/mol. The third-order valence-corrected chi connectivity index (χ3v) is 4.07. The zero-order chi connectivity index (χ0) is 17.7. The summed E-state index contributed by atoms with van der Waals surface area (Å²) in [5.41, 5.74) is 6.30. The van der Waals surface area contributed by atoms with Crippen molar-refractivity contribution in [1.82, 2.24) is 0 Å². The molecule has 0 amide bonds. The minimum atomic E-state index is -0.497. The van der Waals surface area contributed by atoms with Gasteiger partial charge in [-0.05, 0) is 30.5 Å². The molecule has 1 aromatic carbocycles. The van der Waals surface area contributed by atoms with Crippen LogP contribution in [0.3, 0.4) is 0 Å². The first-order valence-corrected chi connectivity index (χ1v) is 8.92. The van der Waals surface area contributed by atoms with Crippen LogP contribution in [-0.4, -0.2) is 19.4 Å². The predicted octanol–water partition coefficient (Wildman–Crippen LogP) is 4.41. The van der Waals surface area contributed by atoms with Crippen LogP contribution in [0.15, 0.2) is 28.7 Å². The summed E-state index contributed by atoms with van der Waals surface area (Å²) in [7, 11) is 1.47. The predicted molar refractivity (Wildman–Crippen MR) is 97.1 cm³/mol. The van der Waals surface area contributed by atoms with Crippen LogP contribution in [0.4, 0.5) is 0 Å². The summed E-state index contributed by atoms with van der Waals surface area (Å²) in [5.74, 6) is 0.193. The lowest BCUT2D eigenvalue weighted by Gasteiger charge is -2.18. The Hall–Kier alpha value is -1.20. The van der Waals surface area contributed by atoms with Crippen LogP contribution in [0.1, 0.15) is 57.6 Å². The number of ether oxygens (including phenoxy) is 1. The van der Waals surface area contributed by atoms with Crippen molar-refractivity contribution in [1.29, 1.82) is 0 Å². The molecule has 0 aliphatic heterocycles. The number of nitrogens with two attached hydrogens (primary N) is 1. The monoisotopic (exact) mass is 385 g/mol. The molecule has 1 aliphatic rings. The van der Waals surface area contributed by atoms with Gasteiger partial charge in [-0.3, -0.25) is 4.79 Å². The van der Waals surface area contributed by atoms with Gasteiger partial charge < -0.3 is 15.3 Å². The van der Waals surface area contributed by atoms with Gasteiger partial charge in [0.05, 0.1) is 19.1 Å². The van der Waals surface area contributed by atoms with Gasteiger partial charge in [-0.1, -0.05) is 61.2 Å². The maximum absolute atomic E-state index is 10.9. The van der Waals surface area contributed by atoms with E-state index in [9.17, 15) is 9.59 Å². The molecule has 0 heterocycles. The van der Waals surface area contributed by atoms with Gasteiger partial charge in [-0.15, -0.1) is 0 Å². The lowest BCUT2D eigenvalue weighted by Crippen LogP contribution is -2.18. The normalized spacial score (nSPS) is 15.2. The van der Waals surface area contributed by atoms with Crippen molar-refractivity contribution in [3.63, 3.8) is 0 Å². The molecule has 1 aromatic rings. The van der Waals surface area contributed by atoms with Crippen LogP contribution < -0.4 is 5.73 Å². The van der Waals surface area contributed by atoms with Gasteiger partial charge in [0.25, 0.3) is 0 Å². The Labute approximate surface area is 147 Å². The Kier molecular flexibility index (Phi) is 12.6. The zero-order valence-corrected chi connectivity index (χ0v) is 15.8. The molecule has 23 heavy (non-hydrogen) atoms. The molecule has 130 valence electrons. The summed E-state index contributed by atoms with van der Waals surface area (Å²) >= 11 is 3.29. The number of aldehydes is 1. The van der Waals surface area contributed by atoms with Gasteiger partial charge in [0, 0.05) is 4.47 Å². The Morgan fingerprint density at radius 3 is 2.17 bits per heavy atom. The van der Waals surface area contributed by atoms with E-state index in [2.05, 4.69) is 20.7 Å². The van der Waals surface area contributed by atoms with Crippen LogP contribution in [-0.2, 0) is 14.3 Å². The molecular formula is C18H28BrNO3. The second-order valence-electron chi connectivity index (χ2n) is 5.07. The SMILES string of the molecule is CC.COC(=O)C1CCCCC1.NC(C=O)c1ccc(Br)cc1. The van der Waals surface area contributed by atoms with Crippen LogP contribution in [0.2, 0.25) is 0 Å². The Morgan fingerprint density at radius 2 is 1.74 bits per heavy atom. The van der Waals surface area contributed by atoms with E-state index in [1.54, 1.807) is 0 Å². The number of halogens is 1. The van der Waals surface area contributed by atoms with E-state index in [-0.39, 0.29) is 11.9 Å². The highest BCUT2D eigenvalue weighted by Crippen LogP contribution is 2.24. The van der Waals surface area contributed by atoms with E-state index in [1.165, 1.54) is 26.4 Å². The lowest BCUT2D eigenvalue weighted by molar-refractivity contribution is -0.146. The molecule has 1 saturated carbocycles. The standard InChI is InChI=1S/C8H8BrNO.C8H14O2.C2H6/c9-7-3-1-6(2-4-7)8(10)5-11;1-10-8(9)7-5-3-2-4-6-7;1-2/h1-5,8H,10H2;7H,2-6H2,1H3;1-2H3. The molecule has 0 radical (unpaired) electrons. The molecule has 1 aliphatic carbocycles. The van der Waals surface area contributed by atoms with E-state index in [0.717, 1.165) is 29.2 Å².